The average Bonchev–Trinajstić information content (AvgIpc) is 2.60. The molecule has 25 heavy (non-hydrogen) atoms. The SMILES string of the molecule is Cl.NCC1(CC(=O)NCC(O)COc2ccc(F)cc2)CCCCC1. The Morgan fingerprint density at radius 3 is 2.52 bits per heavy atom. The first-order valence-electron chi connectivity index (χ1n) is 8.56. The highest BCUT2D eigenvalue weighted by Crippen LogP contribution is 2.38. The van der Waals surface area contributed by atoms with Crippen molar-refractivity contribution in [2.45, 2.75) is 44.6 Å². The number of nitrogens with two attached hydrogens (primary N) is 1. The van der Waals surface area contributed by atoms with Gasteiger partial charge >= 0.3 is 0 Å². The van der Waals surface area contributed by atoms with Crippen LogP contribution in [0.4, 0.5) is 4.39 Å². The molecule has 0 bridgehead atoms. The van der Waals surface area contributed by atoms with Crippen molar-refractivity contribution >= 4 is 18.3 Å². The Morgan fingerprint density at radius 2 is 1.92 bits per heavy atom. The van der Waals surface area contributed by atoms with Crippen molar-refractivity contribution in [2.24, 2.45) is 11.1 Å². The number of halogens is 2. The third-order valence-corrected chi connectivity index (χ3v) is 4.67. The first kappa shape index (κ1) is 21.7. The number of ether oxygens (including phenoxy) is 1. The third kappa shape index (κ3) is 7.18. The van der Waals surface area contributed by atoms with Gasteiger partial charge in [0.25, 0.3) is 0 Å². The molecule has 4 N–H and O–H groups in total. The quantitative estimate of drug-likeness (QED) is 0.652. The number of benzene rings is 1. The third-order valence-electron chi connectivity index (χ3n) is 4.67. The van der Waals surface area contributed by atoms with E-state index in [0.29, 0.717) is 18.7 Å². The van der Waals surface area contributed by atoms with Crippen LogP contribution in [-0.4, -0.2) is 36.8 Å². The molecule has 1 saturated carbocycles. The molecule has 142 valence electrons. The van der Waals surface area contributed by atoms with Crippen molar-refractivity contribution in [3.63, 3.8) is 0 Å². The first-order chi connectivity index (χ1) is 11.5. The number of aliphatic hydroxyl groups excluding tert-OH is 1. The van der Waals surface area contributed by atoms with Gasteiger partial charge in [-0.05, 0) is 49.1 Å². The number of carbonyl (C=O) groups excluding carboxylic acids is 1. The van der Waals surface area contributed by atoms with E-state index in [9.17, 15) is 14.3 Å². The van der Waals surface area contributed by atoms with Crippen LogP contribution in [0, 0.1) is 11.2 Å². The topological polar surface area (TPSA) is 84.6 Å². The van der Waals surface area contributed by atoms with Gasteiger partial charge in [-0.1, -0.05) is 19.3 Å². The molecule has 1 aromatic rings. The summed E-state index contributed by atoms with van der Waals surface area (Å²) in [4.78, 5) is 12.1. The van der Waals surface area contributed by atoms with Crippen LogP contribution in [0.5, 0.6) is 5.75 Å². The molecule has 2 rings (SSSR count). The Morgan fingerprint density at radius 1 is 1.28 bits per heavy atom. The van der Waals surface area contributed by atoms with E-state index in [2.05, 4.69) is 5.32 Å². The number of nitrogens with one attached hydrogen (secondary N) is 1. The summed E-state index contributed by atoms with van der Waals surface area (Å²) in [6.07, 6.45) is 5.04. The van der Waals surface area contributed by atoms with E-state index < -0.39 is 6.10 Å². The highest BCUT2D eigenvalue weighted by atomic mass is 35.5. The molecule has 1 amide bonds. The second-order valence-corrected chi connectivity index (χ2v) is 6.66. The fraction of sp³-hybridized carbons (Fsp3) is 0.611. The lowest BCUT2D eigenvalue weighted by Gasteiger charge is -2.35. The van der Waals surface area contributed by atoms with Crippen LogP contribution in [0.3, 0.4) is 0 Å². The molecule has 0 spiro atoms. The summed E-state index contributed by atoms with van der Waals surface area (Å²) in [5, 5.41) is 12.7. The maximum Gasteiger partial charge on any atom is 0.220 e. The van der Waals surface area contributed by atoms with Crippen molar-refractivity contribution < 1.29 is 19.0 Å². The van der Waals surface area contributed by atoms with Gasteiger partial charge in [0.2, 0.25) is 5.91 Å². The van der Waals surface area contributed by atoms with Gasteiger partial charge in [-0.15, -0.1) is 12.4 Å². The number of hydrogen-bond acceptors (Lipinski definition) is 4. The maximum absolute atomic E-state index is 12.8. The Balaban J connectivity index is 0.00000312. The van der Waals surface area contributed by atoms with Gasteiger partial charge < -0.3 is 20.9 Å². The van der Waals surface area contributed by atoms with E-state index in [1.165, 1.54) is 30.7 Å². The zero-order chi connectivity index (χ0) is 17.4. The minimum atomic E-state index is -0.820. The molecular weight excluding hydrogens is 347 g/mol. The summed E-state index contributed by atoms with van der Waals surface area (Å²) >= 11 is 0. The summed E-state index contributed by atoms with van der Waals surface area (Å²) in [6, 6.07) is 5.57. The van der Waals surface area contributed by atoms with Crippen LogP contribution >= 0.6 is 12.4 Å². The molecule has 1 aliphatic rings. The van der Waals surface area contributed by atoms with Crippen LogP contribution in [0.1, 0.15) is 38.5 Å². The predicted molar refractivity (Wildman–Crippen MR) is 97.3 cm³/mol. The fourth-order valence-corrected chi connectivity index (χ4v) is 3.17. The molecule has 0 saturated heterocycles. The van der Waals surface area contributed by atoms with Crippen molar-refractivity contribution in [1.29, 1.82) is 0 Å². The lowest BCUT2D eigenvalue weighted by Crippen LogP contribution is -2.41. The van der Waals surface area contributed by atoms with E-state index in [0.717, 1.165) is 25.7 Å². The lowest BCUT2D eigenvalue weighted by atomic mass is 9.71. The van der Waals surface area contributed by atoms with Gasteiger partial charge in [-0.3, -0.25) is 4.79 Å². The summed E-state index contributed by atoms with van der Waals surface area (Å²) in [7, 11) is 0. The van der Waals surface area contributed by atoms with E-state index >= 15 is 0 Å². The molecule has 0 aromatic heterocycles. The molecule has 1 unspecified atom stereocenters. The Hall–Kier alpha value is -1.37. The number of aliphatic hydroxyl groups is 1. The van der Waals surface area contributed by atoms with Crippen molar-refractivity contribution in [3.8, 4) is 5.75 Å². The lowest BCUT2D eigenvalue weighted by molar-refractivity contribution is -0.124. The summed E-state index contributed by atoms with van der Waals surface area (Å²) in [5.41, 5.74) is 5.80. The largest absolute Gasteiger partial charge is 0.491 e. The van der Waals surface area contributed by atoms with E-state index in [-0.39, 0.29) is 42.7 Å². The molecule has 0 heterocycles. The van der Waals surface area contributed by atoms with Crippen LogP contribution in [0.25, 0.3) is 0 Å². The van der Waals surface area contributed by atoms with Crippen molar-refractivity contribution in [3.05, 3.63) is 30.1 Å². The molecule has 7 heteroatoms. The average molecular weight is 375 g/mol. The molecule has 1 atom stereocenters. The number of rotatable bonds is 8. The van der Waals surface area contributed by atoms with Gasteiger partial charge in [0.15, 0.2) is 0 Å². The Bertz CT molecular complexity index is 522. The van der Waals surface area contributed by atoms with E-state index in [1.54, 1.807) is 0 Å². The second kappa shape index (κ2) is 10.6. The molecule has 1 aromatic carbocycles. The van der Waals surface area contributed by atoms with E-state index in [4.69, 9.17) is 10.5 Å². The summed E-state index contributed by atoms with van der Waals surface area (Å²) < 4.78 is 18.1. The smallest absolute Gasteiger partial charge is 0.220 e. The summed E-state index contributed by atoms with van der Waals surface area (Å²) in [5.74, 6) is 0.0564. The normalized spacial score (nSPS) is 17.2. The van der Waals surface area contributed by atoms with Gasteiger partial charge in [0.05, 0.1) is 0 Å². The second-order valence-electron chi connectivity index (χ2n) is 6.66. The van der Waals surface area contributed by atoms with Crippen LogP contribution in [-0.2, 0) is 4.79 Å². The van der Waals surface area contributed by atoms with Gasteiger partial charge in [-0.2, -0.15) is 0 Å². The molecular formula is C18H28ClFN2O3. The zero-order valence-electron chi connectivity index (χ0n) is 14.4. The van der Waals surface area contributed by atoms with Crippen LogP contribution < -0.4 is 15.8 Å². The maximum atomic E-state index is 12.8. The minimum Gasteiger partial charge on any atom is -0.491 e. The minimum absolute atomic E-state index is 0. The molecule has 0 radical (unpaired) electrons. The highest BCUT2D eigenvalue weighted by molar-refractivity contribution is 5.85. The molecule has 5 nitrogen and oxygen atoms in total. The van der Waals surface area contributed by atoms with Crippen molar-refractivity contribution in [2.75, 3.05) is 19.7 Å². The van der Waals surface area contributed by atoms with Crippen LogP contribution in [0.2, 0.25) is 0 Å². The number of amides is 1. The Labute approximate surface area is 154 Å². The van der Waals surface area contributed by atoms with Crippen molar-refractivity contribution in [1.82, 2.24) is 5.32 Å². The fourth-order valence-electron chi connectivity index (χ4n) is 3.17. The monoisotopic (exact) mass is 374 g/mol. The predicted octanol–water partition coefficient (Wildman–Crippen LogP) is 2.40. The van der Waals surface area contributed by atoms with Gasteiger partial charge in [0.1, 0.15) is 24.3 Å². The zero-order valence-corrected chi connectivity index (χ0v) is 15.2. The first-order valence-corrected chi connectivity index (χ1v) is 8.56. The highest BCUT2D eigenvalue weighted by Gasteiger charge is 2.32. The van der Waals surface area contributed by atoms with E-state index in [1.807, 2.05) is 0 Å². The number of hydrogen-bond donors (Lipinski definition) is 3. The molecule has 0 aliphatic heterocycles. The van der Waals surface area contributed by atoms with Crippen LogP contribution in [0.15, 0.2) is 24.3 Å². The molecule has 1 aliphatic carbocycles. The van der Waals surface area contributed by atoms with Gasteiger partial charge in [0, 0.05) is 13.0 Å². The summed E-state index contributed by atoms with van der Waals surface area (Å²) in [6.45, 7) is 0.686. The number of carbonyl (C=O) groups is 1. The van der Waals surface area contributed by atoms with Gasteiger partial charge in [-0.25, -0.2) is 4.39 Å². The Kier molecular flexibility index (Phi) is 9.17. The molecule has 1 fully saturated rings. The standard InChI is InChI=1S/C18H27FN2O3.ClH/c19-14-4-6-16(7-5-14)24-12-15(22)11-21-17(23)10-18(13-20)8-2-1-3-9-18;/h4-7,15,22H,1-3,8-13,20H2,(H,21,23);1H.